The van der Waals surface area contributed by atoms with E-state index in [2.05, 4.69) is 0 Å². The summed E-state index contributed by atoms with van der Waals surface area (Å²) in [5, 5.41) is 0. The first kappa shape index (κ1) is 34.5. The van der Waals surface area contributed by atoms with Crippen molar-refractivity contribution in [1.29, 1.82) is 0 Å². The molecule has 3 aliphatic heterocycles. The normalized spacial score (nSPS) is 18.0. The predicted molar refractivity (Wildman–Crippen MR) is 173 cm³/mol. The summed E-state index contributed by atoms with van der Waals surface area (Å²) in [6.45, 7) is 9.78. The quantitative estimate of drug-likeness (QED) is 0.269. The fraction of sp³-hybridized carbons (Fsp3) is 0.452. The lowest BCUT2D eigenvalue weighted by atomic mass is 9.83. The Morgan fingerprint density at radius 1 is 0.822 bits per heavy atom. The highest BCUT2D eigenvalue weighted by Crippen LogP contribution is 2.71. The molecular formula is C31H35NO10S3. The predicted octanol–water partition coefficient (Wildman–Crippen LogP) is 5.05. The fourth-order valence-corrected chi connectivity index (χ4v) is 10.5. The van der Waals surface area contributed by atoms with E-state index >= 15 is 0 Å². The van der Waals surface area contributed by atoms with E-state index in [4.69, 9.17) is 23.7 Å². The highest BCUT2D eigenvalue weighted by molar-refractivity contribution is 8.26. The van der Waals surface area contributed by atoms with Crippen LogP contribution in [0.15, 0.2) is 43.4 Å². The van der Waals surface area contributed by atoms with Gasteiger partial charge >= 0.3 is 23.9 Å². The summed E-state index contributed by atoms with van der Waals surface area (Å²) in [5.41, 5.74) is 0.319. The Bertz CT molecular complexity index is 1540. The molecule has 3 aliphatic rings. The van der Waals surface area contributed by atoms with E-state index < -0.39 is 33.5 Å². The van der Waals surface area contributed by atoms with Crippen molar-refractivity contribution in [3.63, 3.8) is 0 Å². The van der Waals surface area contributed by atoms with E-state index in [1.165, 1.54) is 28.4 Å². The van der Waals surface area contributed by atoms with Gasteiger partial charge in [0.05, 0.1) is 51.8 Å². The van der Waals surface area contributed by atoms with Crippen molar-refractivity contribution in [1.82, 2.24) is 0 Å². The van der Waals surface area contributed by atoms with E-state index in [1.54, 1.807) is 23.1 Å². The molecule has 3 heterocycles. The van der Waals surface area contributed by atoms with Gasteiger partial charge in [-0.15, -0.1) is 0 Å². The second-order valence-electron chi connectivity index (χ2n) is 11.0. The summed E-state index contributed by atoms with van der Waals surface area (Å²) in [6, 6.07) is 5.29. The number of fused-ring (bicyclic) bond motifs is 3. The van der Waals surface area contributed by atoms with Crippen molar-refractivity contribution in [3.05, 3.63) is 49.0 Å². The molecule has 0 N–H and O–H groups in total. The molecule has 0 bridgehead atoms. The number of hydrogen-bond acceptors (Lipinski definition) is 13. The Hall–Kier alpha value is -3.36. The van der Waals surface area contributed by atoms with Crippen LogP contribution in [0.5, 0.6) is 5.75 Å². The monoisotopic (exact) mass is 677 g/mol. The molecule has 0 aliphatic carbocycles. The van der Waals surface area contributed by atoms with Gasteiger partial charge in [0.1, 0.15) is 24.5 Å². The molecule has 1 aromatic carbocycles. The van der Waals surface area contributed by atoms with E-state index in [0.29, 0.717) is 34.1 Å². The second-order valence-corrected chi connectivity index (χ2v) is 14.7. The molecule has 1 spiro atoms. The van der Waals surface area contributed by atoms with Crippen LogP contribution in [0.4, 0.5) is 5.69 Å². The van der Waals surface area contributed by atoms with Gasteiger partial charge in [-0.05, 0) is 44.9 Å². The van der Waals surface area contributed by atoms with Crippen LogP contribution in [0.3, 0.4) is 0 Å². The molecule has 0 atom stereocenters. The topological polar surface area (TPSA) is 135 Å². The van der Waals surface area contributed by atoms with Crippen LogP contribution in [0.2, 0.25) is 0 Å². The molecule has 242 valence electrons. The first-order chi connectivity index (χ1) is 21.2. The molecular weight excluding hydrogens is 643 g/mol. The molecule has 45 heavy (non-hydrogen) atoms. The lowest BCUT2D eigenvalue weighted by Gasteiger charge is -2.51. The molecule has 11 nitrogen and oxygen atoms in total. The number of hydrogen-bond donors (Lipinski definition) is 0. The Morgan fingerprint density at radius 3 is 1.84 bits per heavy atom. The van der Waals surface area contributed by atoms with Crippen LogP contribution < -0.4 is 9.64 Å². The molecule has 0 radical (unpaired) electrons. The molecule has 0 unspecified atom stereocenters. The number of thioether (sulfide) groups is 3. The number of carbonyl (C=O) groups excluding carboxylic acids is 5. The highest BCUT2D eigenvalue weighted by Gasteiger charge is 2.61. The number of anilines is 1. The van der Waals surface area contributed by atoms with Gasteiger partial charge in [0.25, 0.3) is 0 Å². The maximum atomic E-state index is 14.0. The van der Waals surface area contributed by atoms with Gasteiger partial charge in [-0.3, -0.25) is 4.79 Å². The summed E-state index contributed by atoms with van der Waals surface area (Å²) >= 11 is 2.75. The first-order valence-corrected chi connectivity index (χ1v) is 16.4. The lowest BCUT2D eigenvalue weighted by Crippen LogP contribution is -2.54. The number of benzene rings is 1. The SMILES string of the molecule is CCOc1ccc2c(c1)C1=C(SC(C(=O)OC)=C(C(=O)OC)C13SC(C(=O)OC)=C(C(=O)OC)S3)C(C)(C)N2C(=O)CC(C)C. The average Bonchev–Trinajstić information content (AvgIpc) is 3.39. The maximum Gasteiger partial charge on any atom is 0.345 e. The van der Waals surface area contributed by atoms with Gasteiger partial charge in [-0.2, -0.15) is 0 Å². The minimum absolute atomic E-state index is 0.0481. The second kappa shape index (κ2) is 13.2. The Labute approximate surface area is 274 Å². The minimum Gasteiger partial charge on any atom is -0.494 e. The van der Waals surface area contributed by atoms with Crippen molar-refractivity contribution in [2.24, 2.45) is 5.92 Å². The molecule has 1 amide bonds. The van der Waals surface area contributed by atoms with Crippen LogP contribution in [-0.4, -0.2) is 74.4 Å². The average molecular weight is 678 g/mol. The summed E-state index contributed by atoms with van der Waals surface area (Å²) < 4.78 is 24.6. The fourth-order valence-electron chi connectivity index (χ4n) is 5.44. The first-order valence-electron chi connectivity index (χ1n) is 14.0. The smallest absolute Gasteiger partial charge is 0.345 e. The molecule has 14 heteroatoms. The van der Waals surface area contributed by atoms with Crippen molar-refractivity contribution in [3.8, 4) is 5.75 Å². The summed E-state index contributed by atoms with van der Waals surface area (Å²) in [5.74, 6) is -2.98. The third kappa shape index (κ3) is 5.76. The van der Waals surface area contributed by atoms with Crippen LogP contribution in [0.1, 0.15) is 46.6 Å². The van der Waals surface area contributed by atoms with Crippen molar-refractivity contribution < 1.29 is 47.7 Å². The molecule has 0 saturated carbocycles. The molecule has 4 rings (SSSR count). The highest BCUT2D eigenvalue weighted by atomic mass is 32.2. The van der Waals surface area contributed by atoms with Gasteiger partial charge in [-0.25, -0.2) is 19.2 Å². The summed E-state index contributed by atoms with van der Waals surface area (Å²) in [4.78, 5) is 69.4. The van der Waals surface area contributed by atoms with E-state index in [1.807, 2.05) is 34.6 Å². The zero-order valence-corrected chi connectivity index (χ0v) is 28.9. The largest absolute Gasteiger partial charge is 0.494 e. The van der Waals surface area contributed by atoms with Gasteiger partial charge < -0.3 is 28.6 Å². The van der Waals surface area contributed by atoms with Crippen molar-refractivity contribution >= 4 is 76.3 Å². The van der Waals surface area contributed by atoms with Gasteiger partial charge in [-0.1, -0.05) is 49.1 Å². The summed E-state index contributed by atoms with van der Waals surface area (Å²) in [6.07, 6.45) is 0.242. The maximum absolute atomic E-state index is 14.0. The minimum atomic E-state index is -1.66. The molecule has 1 aromatic rings. The van der Waals surface area contributed by atoms with Gasteiger partial charge in [0, 0.05) is 22.5 Å². The van der Waals surface area contributed by atoms with Crippen LogP contribution >= 0.6 is 35.3 Å². The van der Waals surface area contributed by atoms with Gasteiger partial charge in [0.2, 0.25) is 5.91 Å². The number of amides is 1. The molecule has 0 fully saturated rings. The van der Waals surface area contributed by atoms with Crippen molar-refractivity contribution in [2.75, 3.05) is 39.9 Å². The molecule has 0 aromatic heterocycles. The van der Waals surface area contributed by atoms with E-state index in [9.17, 15) is 24.0 Å². The number of ether oxygens (including phenoxy) is 5. The number of esters is 4. The summed E-state index contributed by atoms with van der Waals surface area (Å²) in [7, 11) is 4.70. The number of carbonyl (C=O) groups is 5. The lowest BCUT2D eigenvalue weighted by molar-refractivity contribution is -0.138. The zero-order valence-electron chi connectivity index (χ0n) is 26.5. The van der Waals surface area contributed by atoms with E-state index in [-0.39, 0.29) is 38.5 Å². The molecule has 0 saturated heterocycles. The van der Waals surface area contributed by atoms with Crippen LogP contribution in [0.25, 0.3) is 5.57 Å². The zero-order chi connectivity index (χ0) is 33.4. The Morgan fingerprint density at radius 2 is 1.36 bits per heavy atom. The number of methoxy groups -OCH3 is 4. The number of nitrogens with zero attached hydrogens (tertiary/aromatic N) is 1. The van der Waals surface area contributed by atoms with E-state index in [0.717, 1.165) is 35.3 Å². The number of rotatable bonds is 8. The Balaban J connectivity index is 2.18. The Kier molecular flexibility index (Phi) is 10.1. The third-order valence-electron chi connectivity index (χ3n) is 7.25. The van der Waals surface area contributed by atoms with Crippen LogP contribution in [0, 0.1) is 5.92 Å². The third-order valence-corrected chi connectivity index (χ3v) is 11.9. The standard InChI is InChI=1S/C31H35NO10S3/c1-10-42-16-11-12-18-17(14-16)20-25(30(4,5)32(18)19(33)13-15(2)3)43-22(27(35)39-7)21(26(34)38-6)31(20)44-23(28(36)40-8)24(45-31)29(37)41-9/h11-12,14-15H,10,13H2,1-9H3. The van der Waals surface area contributed by atoms with Crippen molar-refractivity contribution in [2.45, 2.75) is 50.7 Å². The van der Waals surface area contributed by atoms with Crippen LogP contribution in [-0.2, 0) is 42.9 Å². The van der Waals surface area contributed by atoms with Gasteiger partial charge in [0.15, 0.2) is 0 Å².